The van der Waals surface area contributed by atoms with Crippen molar-refractivity contribution in [3.05, 3.63) is 71.3 Å². The van der Waals surface area contributed by atoms with E-state index in [1.165, 1.54) is 0 Å². The van der Waals surface area contributed by atoms with Crippen molar-refractivity contribution >= 4 is 23.6 Å². The summed E-state index contributed by atoms with van der Waals surface area (Å²) in [5.41, 5.74) is 8.22. The zero-order valence-electron chi connectivity index (χ0n) is 18.0. The Balaban J connectivity index is 1.73. The molecular weight excluding hydrogens is 408 g/mol. The van der Waals surface area contributed by atoms with Gasteiger partial charge in [0.15, 0.2) is 0 Å². The van der Waals surface area contributed by atoms with Crippen LogP contribution in [0.25, 0.3) is 0 Å². The first-order chi connectivity index (χ1) is 15.3. The Morgan fingerprint density at radius 3 is 2.22 bits per heavy atom. The van der Waals surface area contributed by atoms with Gasteiger partial charge in [0.1, 0.15) is 11.9 Å². The van der Waals surface area contributed by atoms with E-state index < -0.39 is 24.3 Å². The number of hydrogen-bond donors (Lipinski definition) is 5. The lowest BCUT2D eigenvalue weighted by molar-refractivity contribution is -0.140. The molecule has 8 nitrogen and oxygen atoms in total. The molecule has 0 heterocycles. The molecule has 1 atom stereocenters. The van der Waals surface area contributed by atoms with E-state index in [2.05, 4.69) is 10.6 Å². The lowest BCUT2D eigenvalue weighted by atomic mass is 10.1. The molecule has 0 bridgehead atoms. The van der Waals surface area contributed by atoms with Crippen LogP contribution >= 0.6 is 0 Å². The molecule has 0 saturated heterocycles. The number of nitrogen functional groups attached to an aromatic ring is 1. The van der Waals surface area contributed by atoms with Gasteiger partial charge in [0.05, 0.1) is 6.42 Å². The molecule has 2 aromatic rings. The van der Waals surface area contributed by atoms with E-state index in [4.69, 9.17) is 16.2 Å². The number of nitrogens with one attached hydrogen (secondary N) is 3. The minimum Gasteiger partial charge on any atom is -0.481 e. The highest BCUT2D eigenvalue weighted by Crippen LogP contribution is 2.08. The Morgan fingerprint density at radius 2 is 1.59 bits per heavy atom. The van der Waals surface area contributed by atoms with Gasteiger partial charge < -0.3 is 21.5 Å². The molecule has 0 aliphatic heterocycles. The van der Waals surface area contributed by atoms with E-state index in [9.17, 15) is 14.4 Å². The van der Waals surface area contributed by atoms with Crippen LogP contribution in [0.2, 0.25) is 0 Å². The van der Waals surface area contributed by atoms with Crippen molar-refractivity contribution in [1.82, 2.24) is 10.6 Å². The van der Waals surface area contributed by atoms with Gasteiger partial charge in [-0.15, -0.1) is 0 Å². The number of hydrogen-bond acceptors (Lipinski definition) is 4. The Hall–Kier alpha value is -3.68. The predicted octanol–water partition coefficient (Wildman–Crippen LogP) is 2.00. The smallest absolute Gasteiger partial charge is 0.305 e. The largest absolute Gasteiger partial charge is 0.481 e. The Morgan fingerprint density at radius 1 is 0.938 bits per heavy atom. The first kappa shape index (κ1) is 24.6. The van der Waals surface area contributed by atoms with Crippen molar-refractivity contribution in [3.8, 4) is 0 Å². The molecule has 2 aromatic carbocycles. The molecule has 0 radical (unpaired) electrons. The molecule has 32 heavy (non-hydrogen) atoms. The zero-order valence-corrected chi connectivity index (χ0v) is 18.0. The summed E-state index contributed by atoms with van der Waals surface area (Å²) in [5.74, 6) is -1.97. The maximum atomic E-state index is 12.4. The van der Waals surface area contributed by atoms with Crippen LogP contribution in [0.3, 0.4) is 0 Å². The molecule has 0 fully saturated rings. The minimum absolute atomic E-state index is 0.0299. The second kappa shape index (κ2) is 12.9. The van der Waals surface area contributed by atoms with E-state index >= 15 is 0 Å². The van der Waals surface area contributed by atoms with Gasteiger partial charge in [0, 0.05) is 18.5 Å². The Kier molecular flexibility index (Phi) is 9.90. The fraction of sp³-hybridized carbons (Fsp3) is 0.333. The van der Waals surface area contributed by atoms with Crippen LogP contribution in [-0.2, 0) is 27.2 Å². The highest BCUT2D eigenvalue weighted by molar-refractivity contribution is 5.94. The molecule has 2 amide bonds. The fourth-order valence-corrected chi connectivity index (χ4v) is 3.19. The van der Waals surface area contributed by atoms with Gasteiger partial charge in [-0.3, -0.25) is 19.8 Å². The number of nitrogens with two attached hydrogens (primary N) is 1. The van der Waals surface area contributed by atoms with Crippen LogP contribution in [-0.4, -0.2) is 41.3 Å². The Bertz CT molecular complexity index is 913. The van der Waals surface area contributed by atoms with Crippen LogP contribution in [0.4, 0.5) is 0 Å². The topological polar surface area (TPSA) is 145 Å². The molecule has 2 rings (SSSR count). The van der Waals surface area contributed by atoms with Crippen molar-refractivity contribution in [3.63, 3.8) is 0 Å². The summed E-state index contributed by atoms with van der Waals surface area (Å²) in [6.07, 6.45) is 2.57. The SMILES string of the molecule is N=C(N)c1ccc(CCCCNC(=O)[C@@H](CC(=O)O)NC(=O)CCc2ccccc2)cc1. The number of carboxylic acid groups (broad SMARTS) is 1. The van der Waals surface area contributed by atoms with Gasteiger partial charge in [-0.25, -0.2) is 0 Å². The summed E-state index contributed by atoms with van der Waals surface area (Å²) in [4.78, 5) is 35.7. The standard InChI is InChI=1S/C24H30N4O4/c25-23(26)19-12-9-18(10-13-19)8-4-5-15-27-24(32)20(16-22(30)31)28-21(29)14-11-17-6-2-1-3-7-17/h1-3,6-7,9-10,12-13,20H,4-5,8,11,14-16H2,(H3,25,26)(H,27,32)(H,28,29)(H,30,31)/t20-/m1/s1. The minimum atomic E-state index is -1.15. The maximum Gasteiger partial charge on any atom is 0.305 e. The van der Waals surface area contributed by atoms with Crippen molar-refractivity contribution in [2.75, 3.05) is 6.54 Å². The van der Waals surface area contributed by atoms with Crippen molar-refractivity contribution in [2.24, 2.45) is 5.73 Å². The van der Waals surface area contributed by atoms with Crippen LogP contribution in [0, 0.1) is 5.41 Å². The molecule has 0 aromatic heterocycles. The number of rotatable bonds is 13. The molecule has 0 spiro atoms. The summed E-state index contributed by atoms with van der Waals surface area (Å²) in [5, 5.41) is 21.7. The third-order valence-corrected chi connectivity index (χ3v) is 4.97. The second-order valence-electron chi connectivity index (χ2n) is 7.56. The van der Waals surface area contributed by atoms with E-state index in [0.717, 1.165) is 24.0 Å². The highest BCUT2D eigenvalue weighted by atomic mass is 16.4. The molecule has 0 aliphatic rings. The number of carboxylic acids is 1. The normalized spacial score (nSPS) is 11.4. The average Bonchev–Trinajstić information content (AvgIpc) is 2.77. The second-order valence-corrected chi connectivity index (χ2v) is 7.56. The summed E-state index contributed by atoms with van der Waals surface area (Å²) in [6, 6.07) is 15.8. The number of carbonyl (C=O) groups is 3. The van der Waals surface area contributed by atoms with Gasteiger partial charge in [0.25, 0.3) is 0 Å². The molecule has 0 saturated carbocycles. The molecular formula is C24H30N4O4. The molecule has 0 aliphatic carbocycles. The molecule has 0 unspecified atom stereocenters. The first-order valence-corrected chi connectivity index (χ1v) is 10.6. The summed E-state index contributed by atoms with van der Waals surface area (Å²) >= 11 is 0. The third-order valence-electron chi connectivity index (χ3n) is 4.97. The number of aliphatic carboxylic acids is 1. The monoisotopic (exact) mass is 438 g/mol. The average molecular weight is 439 g/mol. The number of carbonyl (C=O) groups excluding carboxylic acids is 2. The van der Waals surface area contributed by atoms with Gasteiger partial charge in [0.2, 0.25) is 11.8 Å². The lowest BCUT2D eigenvalue weighted by Gasteiger charge is -2.17. The molecule has 6 N–H and O–H groups in total. The molecule has 8 heteroatoms. The number of amidine groups is 1. The van der Waals surface area contributed by atoms with Crippen molar-refractivity contribution in [1.29, 1.82) is 5.41 Å². The van der Waals surface area contributed by atoms with E-state index in [1.807, 2.05) is 42.5 Å². The fourth-order valence-electron chi connectivity index (χ4n) is 3.19. The number of benzene rings is 2. The van der Waals surface area contributed by atoms with Gasteiger partial charge >= 0.3 is 5.97 Å². The van der Waals surface area contributed by atoms with Gasteiger partial charge in [-0.05, 0) is 36.8 Å². The summed E-state index contributed by atoms with van der Waals surface area (Å²) in [6.45, 7) is 0.389. The molecule has 170 valence electrons. The quantitative estimate of drug-likeness (QED) is 0.184. The van der Waals surface area contributed by atoms with E-state index in [1.54, 1.807) is 12.1 Å². The van der Waals surface area contributed by atoms with Crippen LogP contribution in [0.1, 0.15) is 42.4 Å². The predicted molar refractivity (Wildman–Crippen MR) is 122 cm³/mol. The van der Waals surface area contributed by atoms with Crippen molar-refractivity contribution in [2.45, 2.75) is 44.6 Å². The maximum absolute atomic E-state index is 12.4. The van der Waals surface area contributed by atoms with Crippen molar-refractivity contribution < 1.29 is 19.5 Å². The third kappa shape index (κ3) is 8.99. The highest BCUT2D eigenvalue weighted by Gasteiger charge is 2.23. The number of amides is 2. The number of aryl methyl sites for hydroxylation is 2. The van der Waals surface area contributed by atoms with Gasteiger partial charge in [-0.2, -0.15) is 0 Å². The Labute approximate surface area is 187 Å². The number of unbranched alkanes of at least 4 members (excludes halogenated alkanes) is 1. The summed E-state index contributed by atoms with van der Waals surface area (Å²) in [7, 11) is 0. The van der Waals surface area contributed by atoms with Gasteiger partial charge in [-0.1, -0.05) is 54.6 Å². The van der Waals surface area contributed by atoms with E-state index in [0.29, 0.717) is 24.9 Å². The zero-order chi connectivity index (χ0) is 23.3. The van der Waals surface area contributed by atoms with E-state index in [-0.39, 0.29) is 18.2 Å². The van der Waals surface area contributed by atoms with Crippen LogP contribution in [0.15, 0.2) is 54.6 Å². The lowest BCUT2D eigenvalue weighted by Crippen LogP contribution is -2.48. The van der Waals surface area contributed by atoms with Crippen LogP contribution < -0.4 is 16.4 Å². The summed E-state index contributed by atoms with van der Waals surface area (Å²) < 4.78 is 0. The first-order valence-electron chi connectivity index (χ1n) is 10.6. The van der Waals surface area contributed by atoms with Crippen LogP contribution in [0.5, 0.6) is 0 Å².